The third-order valence-corrected chi connectivity index (χ3v) is 5.20. The number of aryl methyl sites for hydroxylation is 1. The maximum Gasteiger partial charge on any atom is 0.227 e. The predicted octanol–water partition coefficient (Wildman–Crippen LogP) is 3.81. The van der Waals surface area contributed by atoms with Crippen molar-refractivity contribution in [3.8, 4) is 17.1 Å². The van der Waals surface area contributed by atoms with Gasteiger partial charge in [0.2, 0.25) is 17.6 Å². The van der Waals surface area contributed by atoms with Gasteiger partial charge in [-0.25, -0.2) is 0 Å². The molecule has 0 unspecified atom stereocenters. The van der Waals surface area contributed by atoms with Crippen LogP contribution in [-0.4, -0.2) is 49.5 Å². The van der Waals surface area contributed by atoms with Crippen LogP contribution >= 0.6 is 11.6 Å². The molecule has 0 atom stereocenters. The Kier molecular flexibility index (Phi) is 6.69. The van der Waals surface area contributed by atoms with Gasteiger partial charge >= 0.3 is 0 Å². The largest absolute Gasteiger partial charge is 0.497 e. The van der Waals surface area contributed by atoms with Gasteiger partial charge in [0, 0.05) is 36.5 Å². The quantitative estimate of drug-likeness (QED) is 0.595. The molecule has 1 N–H and O–H groups in total. The average molecular weight is 443 g/mol. The molecule has 1 fully saturated rings. The maximum atomic E-state index is 12.6. The van der Waals surface area contributed by atoms with Gasteiger partial charge in [0.15, 0.2) is 0 Å². The van der Waals surface area contributed by atoms with Gasteiger partial charge in [0.05, 0.1) is 31.7 Å². The minimum atomic E-state index is -0.152. The molecule has 2 heterocycles. The van der Waals surface area contributed by atoms with E-state index in [4.69, 9.17) is 25.6 Å². The van der Waals surface area contributed by atoms with Gasteiger partial charge in [-0.3, -0.25) is 4.79 Å². The lowest BCUT2D eigenvalue weighted by Crippen LogP contribution is -2.36. The number of nitrogens with zero attached hydrogens (tertiary/aromatic N) is 3. The fraction of sp³-hybridized carbons (Fsp3) is 0.318. The zero-order valence-electron chi connectivity index (χ0n) is 17.1. The van der Waals surface area contributed by atoms with E-state index in [0.29, 0.717) is 42.1 Å². The van der Waals surface area contributed by atoms with Crippen LogP contribution in [0.1, 0.15) is 12.3 Å². The van der Waals surface area contributed by atoms with Crippen molar-refractivity contribution in [2.45, 2.75) is 12.8 Å². The third-order valence-electron chi connectivity index (χ3n) is 4.97. The average Bonchev–Trinajstić information content (AvgIpc) is 3.28. The highest BCUT2D eigenvalue weighted by Gasteiger charge is 2.17. The number of halogens is 1. The molecule has 0 spiro atoms. The Labute approximate surface area is 185 Å². The van der Waals surface area contributed by atoms with Crippen LogP contribution in [-0.2, 0) is 16.0 Å². The highest BCUT2D eigenvalue weighted by atomic mass is 35.5. The van der Waals surface area contributed by atoms with Crippen molar-refractivity contribution in [2.24, 2.45) is 0 Å². The molecule has 9 heteroatoms. The second-order valence-electron chi connectivity index (χ2n) is 7.05. The summed E-state index contributed by atoms with van der Waals surface area (Å²) in [4.78, 5) is 19.1. The second-order valence-corrected chi connectivity index (χ2v) is 7.49. The lowest BCUT2D eigenvalue weighted by molar-refractivity contribution is -0.116. The first-order chi connectivity index (χ1) is 15.1. The molecule has 2 aromatic carbocycles. The molecule has 1 aromatic heterocycles. The van der Waals surface area contributed by atoms with Crippen molar-refractivity contribution in [1.82, 2.24) is 10.1 Å². The van der Waals surface area contributed by atoms with Gasteiger partial charge in [-0.2, -0.15) is 4.98 Å². The number of carbonyl (C=O) groups excluding carboxylic acids is 1. The number of hydrogen-bond acceptors (Lipinski definition) is 7. The molecule has 1 aliphatic rings. The SMILES string of the molecule is COc1ccc(-c2noc(CCC(=O)Nc3cc(Cl)ccc3N3CCOCC3)n2)cc1. The monoisotopic (exact) mass is 442 g/mol. The number of amides is 1. The number of carbonyl (C=O) groups is 1. The second kappa shape index (κ2) is 9.80. The van der Waals surface area contributed by atoms with Crippen molar-refractivity contribution < 1.29 is 18.8 Å². The summed E-state index contributed by atoms with van der Waals surface area (Å²) in [6.45, 7) is 2.84. The smallest absolute Gasteiger partial charge is 0.227 e. The molecule has 31 heavy (non-hydrogen) atoms. The van der Waals surface area contributed by atoms with Crippen molar-refractivity contribution in [2.75, 3.05) is 43.6 Å². The first-order valence-corrected chi connectivity index (χ1v) is 10.4. The molecule has 1 saturated heterocycles. The van der Waals surface area contributed by atoms with Crippen molar-refractivity contribution in [3.05, 3.63) is 53.4 Å². The Morgan fingerprint density at radius 1 is 1.19 bits per heavy atom. The van der Waals surface area contributed by atoms with E-state index < -0.39 is 0 Å². The minimum absolute atomic E-state index is 0.152. The summed E-state index contributed by atoms with van der Waals surface area (Å²) in [6.07, 6.45) is 0.543. The molecule has 0 bridgehead atoms. The number of methoxy groups -OCH3 is 1. The Morgan fingerprint density at radius 3 is 2.71 bits per heavy atom. The first kappa shape index (κ1) is 21.1. The lowest BCUT2D eigenvalue weighted by atomic mass is 10.2. The van der Waals surface area contributed by atoms with Crippen molar-refractivity contribution >= 4 is 28.9 Å². The van der Waals surface area contributed by atoms with Gasteiger partial charge in [0.1, 0.15) is 5.75 Å². The van der Waals surface area contributed by atoms with E-state index in [1.807, 2.05) is 36.4 Å². The normalized spacial score (nSPS) is 13.8. The van der Waals surface area contributed by atoms with Crippen LogP contribution in [0.3, 0.4) is 0 Å². The summed E-state index contributed by atoms with van der Waals surface area (Å²) >= 11 is 6.16. The Balaban J connectivity index is 1.37. The van der Waals surface area contributed by atoms with Crippen LogP contribution in [0.2, 0.25) is 5.02 Å². The topological polar surface area (TPSA) is 89.7 Å². The summed E-state index contributed by atoms with van der Waals surface area (Å²) in [5.74, 6) is 1.48. The Morgan fingerprint density at radius 2 is 1.97 bits per heavy atom. The van der Waals surface area contributed by atoms with E-state index in [-0.39, 0.29) is 12.3 Å². The molecule has 162 valence electrons. The predicted molar refractivity (Wildman–Crippen MR) is 118 cm³/mol. The van der Waals surface area contributed by atoms with Crippen LogP contribution < -0.4 is 15.0 Å². The first-order valence-electron chi connectivity index (χ1n) is 10.0. The Bertz CT molecular complexity index is 1030. The summed E-state index contributed by atoms with van der Waals surface area (Å²) < 4.78 is 15.9. The summed E-state index contributed by atoms with van der Waals surface area (Å²) in [5.41, 5.74) is 2.43. The Hall–Kier alpha value is -3.10. The van der Waals surface area contributed by atoms with E-state index in [1.54, 1.807) is 13.2 Å². The van der Waals surface area contributed by atoms with Crippen LogP contribution in [0.25, 0.3) is 11.4 Å². The zero-order chi connectivity index (χ0) is 21.6. The molecule has 1 aliphatic heterocycles. The highest BCUT2D eigenvalue weighted by Crippen LogP contribution is 2.30. The number of anilines is 2. The molecule has 4 rings (SSSR count). The summed E-state index contributed by atoms with van der Waals surface area (Å²) in [6, 6.07) is 12.9. The summed E-state index contributed by atoms with van der Waals surface area (Å²) in [7, 11) is 1.61. The van der Waals surface area contributed by atoms with E-state index in [0.717, 1.165) is 30.1 Å². The summed E-state index contributed by atoms with van der Waals surface area (Å²) in [5, 5.41) is 7.52. The van der Waals surface area contributed by atoms with E-state index in [1.165, 1.54) is 0 Å². The maximum absolute atomic E-state index is 12.6. The van der Waals surface area contributed by atoms with Crippen LogP contribution in [0.5, 0.6) is 5.75 Å². The zero-order valence-corrected chi connectivity index (χ0v) is 17.9. The van der Waals surface area contributed by atoms with Crippen LogP contribution in [0.4, 0.5) is 11.4 Å². The van der Waals surface area contributed by atoms with E-state index in [9.17, 15) is 4.79 Å². The number of ether oxygens (including phenoxy) is 2. The molecular weight excluding hydrogens is 420 g/mol. The van der Waals surface area contributed by atoms with Crippen molar-refractivity contribution in [3.63, 3.8) is 0 Å². The van der Waals surface area contributed by atoms with E-state index >= 15 is 0 Å². The number of hydrogen-bond donors (Lipinski definition) is 1. The molecule has 0 saturated carbocycles. The molecule has 1 amide bonds. The van der Waals surface area contributed by atoms with Crippen LogP contribution in [0.15, 0.2) is 47.0 Å². The number of nitrogens with one attached hydrogen (secondary N) is 1. The number of rotatable bonds is 7. The number of aromatic nitrogens is 2. The lowest BCUT2D eigenvalue weighted by Gasteiger charge is -2.30. The van der Waals surface area contributed by atoms with Crippen molar-refractivity contribution in [1.29, 1.82) is 0 Å². The number of morpholine rings is 1. The standard InChI is InChI=1S/C22H23ClN4O4/c1-29-17-5-2-15(3-6-17)22-25-21(31-26-22)9-8-20(28)24-18-14-16(23)4-7-19(18)27-10-12-30-13-11-27/h2-7,14H,8-13H2,1H3,(H,24,28). The van der Waals surface area contributed by atoms with Gasteiger partial charge in [-0.05, 0) is 42.5 Å². The van der Waals surface area contributed by atoms with Gasteiger partial charge < -0.3 is 24.2 Å². The molecular formula is C22H23ClN4O4. The molecule has 0 radical (unpaired) electrons. The molecule has 0 aliphatic carbocycles. The molecule has 8 nitrogen and oxygen atoms in total. The third kappa shape index (κ3) is 5.34. The van der Waals surface area contributed by atoms with Gasteiger partial charge in [-0.15, -0.1) is 0 Å². The number of benzene rings is 2. The highest BCUT2D eigenvalue weighted by molar-refractivity contribution is 6.31. The fourth-order valence-electron chi connectivity index (χ4n) is 3.34. The van der Waals surface area contributed by atoms with Gasteiger partial charge in [0.25, 0.3) is 0 Å². The van der Waals surface area contributed by atoms with Crippen LogP contribution in [0, 0.1) is 0 Å². The fourth-order valence-corrected chi connectivity index (χ4v) is 3.51. The van der Waals surface area contributed by atoms with Gasteiger partial charge in [-0.1, -0.05) is 16.8 Å². The minimum Gasteiger partial charge on any atom is -0.497 e. The molecule has 3 aromatic rings. The van der Waals surface area contributed by atoms with E-state index in [2.05, 4.69) is 20.4 Å².